The molecule has 0 spiro atoms. The Labute approximate surface area is 151 Å². The number of hydrogen-bond donors (Lipinski definition) is 1. The summed E-state index contributed by atoms with van der Waals surface area (Å²) in [5.74, 6) is 0.345. The van der Waals surface area contributed by atoms with Gasteiger partial charge in [-0.15, -0.1) is 0 Å². The van der Waals surface area contributed by atoms with Crippen LogP contribution in [0.1, 0.15) is 16.8 Å². The maximum absolute atomic E-state index is 13.5. The first-order valence-electron chi connectivity index (χ1n) is 8.34. The Hall–Kier alpha value is -2.38. The van der Waals surface area contributed by atoms with Gasteiger partial charge in [0.2, 0.25) is 10.0 Å². The van der Waals surface area contributed by atoms with Crippen molar-refractivity contribution in [2.75, 3.05) is 13.7 Å². The van der Waals surface area contributed by atoms with Crippen molar-refractivity contribution in [1.29, 1.82) is 0 Å². The number of sulfonamides is 1. The van der Waals surface area contributed by atoms with Crippen LogP contribution >= 0.6 is 0 Å². The summed E-state index contributed by atoms with van der Waals surface area (Å²) >= 11 is 0. The largest absolute Gasteiger partial charge is 0.496 e. The van der Waals surface area contributed by atoms with Gasteiger partial charge < -0.3 is 9.72 Å². The van der Waals surface area contributed by atoms with E-state index in [1.807, 2.05) is 6.92 Å². The van der Waals surface area contributed by atoms with Gasteiger partial charge in [0.15, 0.2) is 0 Å². The number of benzene rings is 2. The van der Waals surface area contributed by atoms with Crippen LogP contribution in [0.15, 0.2) is 41.3 Å². The highest BCUT2D eigenvalue weighted by Crippen LogP contribution is 2.32. The summed E-state index contributed by atoms with van der Waals surface area (Å²) in [6.07, 6.45) is 0.569. The number of ether oxygens (including phenoxy) is 1. The van der Waals surface area contributed by atoms with Crippen molar-refractivity contribution in [3.8, 4) is 5.75 Å². The van der Waals surface area contributed by atoms with E-state index in [9.17, 15) is 12.8 Å². The third-order valence-electron chi connectivity index (χ3n) is 4.91. The second-order valence-electron chi connectivity index (χ2n) is 6.49. The molecule has 136 valence electrons. The number of methoxy groups -OCH3 is 1. The van der Waals surface area contributed by atoms with Gasteiger partial charge in [0.05, 0.1) is 12.0 Å². The lowest BCUT2D eigenvalue weighted by atomic mass is 10.1. The molecule has 7 heteroatoms. The monoisotopic (exact) mass is 374 g/mol. The number of aryl methyl sites for hydroxylation is 1. The lowest BCUT2D eigenvalue weighted by Gasteiger charge is -2.26. The maximum Gasteiger partial charge on any atom is 0.243 e. The Bertz CT molecular complexity index is 1110. The van der Waals surface area contributed by atoms with E-state index < -0.39 is 10.0 Å². The molecule has 0 amide bonds. The lowest BCUT2D eigenvalue weighted by molar-refractivity contribution is 0.390. The predicted molar refractivity (Wildman–Crippen MR) is 97.3 cm³/mol. The number of fused-ring (bicyclic) bond motifs is 3. The van der Waals surface area contributed by atoms with E-state index in [2.05, 4.69) is 4.98 Å². The summed E-state index contributed by atoms with van der Waals surface area (Å²) in [6, 6.07) is 9.42. The molecule has 1 aromatic heterocycles. The minimum absolute atomic E-state index is 0.255. The molecule has 1 N–H and O–H groups in total. The van der Waals surface area contributed by atoms with E-state index in [4.69, 9.17) is 4.74 Å². The smallest absolute Gasteiger partial charge is 0.243 e. The molecule has 0 saturated carbocycles. The molecule has 2 heterocycles. The van der Waals surface area contributed by atoms with Crippen molar-refractivity contribution in [1.82, 2.24) is 9.29 Å². The molecule has 0 unspecified atom stereocenters. The number of aromatic amines is 1. The lowest BCUT2D eigenvalue weighted by Crippen LogP contribution is -2.35. The number of nitrogens with zero attached hydrogens (tertiary/aromatic N) is 1. The molecule has 0 fully saturated rings. The van der Waals surface area contributed by atoms with Crippen molar-refractivity contribution in [3.05, 3.63) is 59.0 Å². The zero-order chi connectivity index (χ0) is 18.5. The van der Waals surface area contributed by atoms with Crippen LogP contribution in [-0.2, 0) is 23.0 Å². The molecular weight excluding hydrogens is 355 g/mol. The average Bonchev–Trinajstić information content (AvgIpc) is 2.98. The Morgan fingerprint density at radius 3 is 2.73 bits per heavy atom. The van der Waals surface area contributed by atoms with Crippen LogP contribution < -0.4 is 4.74 Å². The van der Waals surface area contributed by atoms with Gasteiger partial charge >= 0.3 is 0 Å². The van der Waals surface area contributed by atoms with Crippen LogP contribution in [0.2, 0.25) is 0 Å². The fraction of sp³-hybridized carbons (Fsp3) is 0.263. The summed E-state index contributed by atoms with van der Waals surface area (Å²) in [4.78, 5) is 3.47. The average molecular weight is 374 g/mol. The maximum atomic E-state index is 13.5. The summed E-state index contributed by atoms with van der Waals surface area (Å²) in [7, 11) is -2.06. The highest BCUT2D eigenvalue weighted by atomic mass is 32.2. The molecule has 0 radical (unpaired) electrons. The zero-order valence-corrected chi connectivity index (χ0v) is 15.4. The SMILES string of the molecule is COc1ccc(S(=O)(=O)N2CCc3[nH]c4cc(F)ccc4c3C2)cc1C. The van der Waals surface area contributed by atoms with E-state index in [0.717, 1.165) is 22.2 Å². The van der Waals surface area contributed by atoms with E-state index in [0.29, 0.717) is 24.2 Å². The standard InChI is InChI=1S/C19H19FN2O3S/c1-12-9-14(4-6-19(12)25-2)26(23,24)22-8-7-17-16(11-22)15-5-3-13(20)10-18(15)21-17/h3-6,9-10,21H,7-8,11H2,1-2H3. The normalized spacial score (nSPS) is 15.2. The summed E-state index contributed by atoms with van der Waals surface area (Å²) in [5.41, 5.74) is 3.37. The van der Waals surface area contributed by atoms with E-state index in [1.165, 1.54) is 16.4 Å². The van der Waals surface area contributed by atoms with E-state index in [-0.39, 0.29) is 17.3 Å². The van der Waals surface area contributed by atoms with Gasteiger partial charge in [0, 0.05) is 36.1 Å². The van der Waals surface area contributed by atoms with E-state index in [1.54, 1.807) is 31.4 Å². The van der Waals surface area contributed by atoms with Crippen molar-refractivity contribution >= 4 is 20.9 Å². The highest BCUT2D eigenvalue weighted by Gasteiger charge is 2.30. The first-order valence-corrected chi connectivity index (χ1v) is 9.78. The number of halogens is 1. The summed E-state index contributed by atoms with van der Waals surface area (Å²) < 4.78 is 46.3. The Kier molecular flexibility index (Phi) is 4.00. The van der Waals surface area contributed by atoms with E-state index >= 15 is 0 Å². The van der Waals surface area contributed by atoms with Gasteiger partial charge in [-0.3, -0.25) is 0 Å². The van der Waals surface area contributed by atoms with Crippen LogP contribution in [0.25, 0.3) is 10.9 Å². The van der Waals surface area contributed by atoms with Crippen LogP contribution in [0.4, 0.5) is 4.39 Å². The Balaban J connectivity index is 1.71. The molecule has 5 nitrogen and oxygen atoms in total. The predicted octanol–water partition coefficient (Wildman–Crippen LogP) is 3.37. The van der Waals surface area contributed by atoms with Crippen molar-refractivity contribution in [3.63, 3.8) is 0 Å². The number of aromatic nitrogens is 1. The zero-order valence-electron chi connectivity index (χ0n) is 14.5. The molecule has 26 heavy (non-hydrogen) atoms. The van der Waals surface area contributed by atoms with Gasteiger partial charge in [-0.05, 0) is 54.4 Å². The highest BCUT2D eigenvalue weighted by molar-refractivity contribution is 7.89. The first kappa shape index (κ1) is 17.1. The van der Waals surface area contributed by atoms with Gasteiger partial charge in [-0.1, -0.05) is 0 Å². The van der Waals surface area contributed by atoms with Gasteiger partial charge in [-0.25, -0.2) is 12.8 Å². The van der Waals surface area contributed by atoms with Gasteiger partial charge in [0.1, 0.15) is 11.6 Å². The third-order valence-corrected chi connectivity index (χ3v) is 6.75. The second kappa shape index (κ2) is 6.10. The molecule has 0 aliphatic carbocycles. The molecule has 3 aromatic rings. The van der Waals surface area contributed by atoms with Crippen LogP contribution in [-0.4, -0.2) is 31.4 Å². The van der Waals surface area contributed by atoms with Crippen molar-refractivity contribution in [2.45, 2.75) is 24.8 Å². The van der Waals surface area contributed by atoms with Crippen LogP contribution in [0.5, 0.6) is 5.75 Å². The fourth-order valence-electron chi connectivity index (χ4n) is 3.54. The molecular formula is C19H19FN2O3S. The fourth-order valence-corrected chi connectivity index (χ4v) is 5.03. The molecule has 0 saturated heterocycles. The second-order valence-corrected chi connectivity index (χ2v) is 8.43. The quantitative estimate of drug-likeness (QED) is 0.765. The molecule has 0 atom stereocenters. The molecule has 1 aliphatic rings. The molecule has 1 aliphatic heterocycles. The van der Waals surface area contributed by atoms with Gasteiger partial charge in [0.25, 0.3) is 0 Å². The minimum atomic E-state index is -3.62. The Morgan fingerprint density at radius 1 is 1.19 bits per heavy atom. The number of H-pyrrole nitrogens is 1. The topological polar surface area (TPSA) is 62.4 Å². The first-order chi connectivity index (χ1) is 12.4. The number of hydrogen-bond acceptors (Lipinski definition) is 3. The van der Waals surface area contributed by atoms with Gasteiger partial charge in [-0.2, -0.15) is 4.31 Å². The van der Waals surface area contributed by atoms with Crippen LogP contribution in [0.3, 0.4) is 0 Å². The number of rotatable bonds is 3. The Morgan fingerprint density at radius 2 is 2.00 bits per heavy atom. The molecule has 2 aromatic carbocycles. The summed E-state index contributed by atoms with van der Waals surface area (Å²) in [5, 5.41) is 0.868. The van der Waals surface area contributed by atoms with Crippen molar-refractivity contribution < 1.29 is 17.5 Å². The molecule has 0 bridgehead atoms. The summed E-state index contributed by atoms with van der Waals surface area (Å²) in [6.45, 7) is 2.48. The van der Waals surface area contributed by atoms with Crippen molar-refractivity contribution in [2.24, 2.45) is 0 Å². The third kappa shape index (κ3) is 2.68. The van der Waals surface area contributed by atoms with Crippen LogP contribution in [0, 0.1) is 12.7 Å². The minimum Gasteiger partial charge on any atom is -0.496 e. The molecule has 4 rings (SSSR count). The number of nitrogens with one attached hydrogen (secondary N) is 1.